The zero-order chi connectivity index (χ0) is 15.8. The zero-order valence-electron chi connectivity index (χ0n) is 13.2. The summed E-state index contributed by atoms with van der Waals surface area (Å²) in [6.45, 7) is 9.31. The summed E-state index contributed by atoms with van der Waals surface area (Å²) in [5.74, 6) is -0.705. The monoisotopic (exact) mass is 298 g/mol. The van der Waals surface area contributed by atoms with Crippen molar-refractivity contribution < 1.29 is 19.4 Å². The largest absolute Gasteiger partial charge is 0.489 e. The highest BCUT2D eigenvalue weighted by molar-refractivity contribution is 5.88. The third-order valence-electron chi connectivity index (χ3n) is 3.29. The van der Waals surface area contributed by atoms with E-state index in [4.69, 9.17) is 9.47 Å². The lowest BCUT2D eigenvalue weighted by atomic mass is 10.3. The molecule has 120 valence electrons. The maximum Gasteiger partial charge on any atom is 0.358 e. The van der Waals surface area contributed by atoms with Crippen LogP contribution in [-0.2, 0) is 14.3 Å². The van der Waals surface area contributed by atoms with E-state index < -0.39 is 5.97 Å². The van der Waals surface area contributed by atoms with Gasteiger partial charge in [0.1, 0.15) is 6.73 Å². The molecule has 1 aliphatic heterocycles. The molecule has 0 amide bonds. The summed E-state index contributed by atoms with van der Waals surface area (Å²) in [6, 6.07) is 0. The number of unbranched alkanes of at least 4 members (excludes halogenated alkanes) is 2. The minimum Gasteiger partial charge on any atom is -0.489 e. The van der Waals surface area contributed by atoms with Gasteiger partial charge in [-0.05, 0) is 12.8 Å². The van der Waals surface area contributed by atoms with Crippen LogP contribution in [0.5, 0.6) is 0 Å². The Balaban J connectivity index is 2.79. The highest BCUT2D eigenvalue weighted by atomic mass is 16.5. The first-order valence-corrected chi connectivity index (χ1v) is 7.43. The van der Waals surface area contributed by atoms with Gasteiger partial charge in [0.25, 0.3) is 0 Å². The molecule has 6 nitrogen and oxygen atoms in total. The molecule has 1 N–H and O–H groups in total. The summed E-state index contributed by atoms with van der Waals surface area (Å²) < 4.78 is 11.1. The minimum absolute atomic E-state index is 0.0927. The van der Waals surface area contributed by atoms with Crippen LogP contribution in [-0.4, -0.2) is 48.1 Å². The maximum atomic E-state index is 11.5. The molecular weight excluding hydrogens is 272 g/mol. The second-order valence-electron chi connectivity index (χ2n) is 4.95. The summed E-state index contributed by atoms with van der Waals surface area (Å²) in [5, 5.41) is 12.7. The van der Waals surface area contributed by atoms with Crippen molar-refractivity contribution in [1.82, 2.24) is 10.0 Å². The van der Waals surface area contributed by atoms with Gasteiger partial charge in [0, 0.05) is 13.7 Å². The van der Waals surface area contributed by atoms with E-state index in [-0.39, 0.29) is 12.4 Å². The van der Waals surface area contributed by atoms with Gasteiger partial charge < -0.3 is 14.6 Å². The number of hydrogen-bond donors (Lipinski definition) is 1. The molecule has 21 heavy (non-hydrogen) atoms. The summed E-state index contributed by atoms with van der Waals surface area (Å²) >= 11 is 0. The Labute approximate surface area is 126 Å². The van der Waals surface area contributed by atoms with Crippen molar-refractivity contribution >= 4 is 5.97 Å². The first-order valence-electron chi connectivity index (χ1n) is 7.43. The van der Waals surface area contributed by atoms with Crippen molar-refractivity contribution in [2.24, 2.45) is 0 Å². The molecule has 0 unspecified atom stereocenters. The van der Waals surface area contributed by atoms with Gasteiger partial charge in [-0.1, -0.05) is 33.3 Å². The van der Waals surface area contributed by atoms with Crippen LogP contribution < -0.4 is 0 Å². The van der Waals surface area contributed by atoms with E-state index in [1.54, 1.807) is 17.1 Å². The van der Waals surface area contributed by atoms with E-state index in [0.29, 0.717) is 24.7 Å². The lowest BCUT2D eigenvalue weighted by Crippen LogP contribution is -2.37. The van der Waals surface area contributed by atoms with Gasteiger partial charge in [0.15, 0.2) is 11.5 Å². The molecular formula is C15H26N2O4. The smallest absolute Gasteiger partial charge is 0.358 e. The molecule has 0 aliphatic carbocycles. The fraction of sp³-hybridized carbons (Fsp3) is 0.667. The van der Waals surface area contributed by atoms with E-state index in [9.17, 15) is 9.90 Å². The number of nitrogens with zero attached hydrogens (tertiary/aromatic N) is 2. The molecule has 0 bridgehead atoms. The number of carbonyl (C=O) groups is 1. The van der Waals surface area contributed by atoms with Crippen LogP contribution in [0, 0.1) is 0 Å². The lowest BCUT2D eigenvalue weighted by molar-refractivity contribution is -0.138. The standard InChI is InChI=1S/C15H26N2O4/c1-5-7-9-20-11-17-13(15(18)19)14(12(3)16(17)4)21-10-8-6-2/h3,5-11H2,1-2,4H3,(H,18,19). The van der Waals surface area contributed by atoms with E-state index >= 15 is 0 Å². The molecule has 0 atom stereocenters. The molecule has 0 aromatic rings. The second-order valence-corrected chi connectivity index (χ2v) is 4.95. The summed E-state index contributed by atoms with van der Waals surface area (Å²) in [6.07, 6.45) is 3.85. The fourth-order valence-corrected chi connectivity index (χ4v) is 1.92. The molecule has 0 fully saturated rings. The molecule has 0 saturated carbocycles. The molecule has 1 heterocycles. The van der Waals surface area contributed by atoms with Crippen molar-refractivity contribution in [2.45, 2.75) is 39.5 Å². The molecule has 0 radical (unpaired) electrons. The van der Waals surface area contributed by atoms with Gasteiger partial charge in [-0.2, -0.15) is 0 Å². The van der Waals surface area contributed by atoms with Gasteiger partial charge in [0.2, 0.25) is 0 Å². The van der Waals surface area contributed by atoms with Crippen LogP contribution in [0.3, 0.4) is 0 Å². The zero-order valence-corrected chi connectivity index (χ0v) is 13.2. The number of hydrazine groups is 1. The summed E-state index contributed by atoms with van der Waals surface area (Å²) in [7, 11) is 1.75. The first-order chi connectivity index (χ1) is 10.0. The molecule has 6 heteroatoms. The predicted octanol–water partition coefficient (Wildman–Crippen LogP) is 2.55. The van der Waals surface area contributed by atoms with Gasteiger partial charge in [-0.15, -0.1) is 0 Å². The quantitative estimate of drug-likeness (QED) is 0.625. The Morgan fingerprint density at radius 2 is 1.86 bits per heavy atom. The van der Waals surface area contributed by atoms with Crippen LogP contribution in [0.25, 0.3) is 0 Å². The maximum absolute atomic E-state index is 11.5. The molecule has 0 aromatic heterocycles. The fourth-order valence-electron chi connectivity index (χ4n) is 1.92. The number of aliphatic carboxylic acids is 1. The molecule has 0 spiro atoms. The Bertz CT molecular complexity index is 406. The van der Waals surface area contributed by atoms with Gasteiger partial charge in [-0.3, -0.25) is 5.01 Å². The average Bonchev–Trinajstić information content (AvgIpc) is 2.69. The Kier molecular flexibility index (Phi) is 7.08. The van der Waals surface area contributed by atoms with Crippen molar-refractivity contribution in [3.8, 4) is 0 Å². The van der Waals surface area contributed by atoms with E-state index in [1.165, 1.54) is 0 Å². The number of carboxylic acids is 1. The molecule has 1 rings (SSSR count). The van der Waals surface area contributed by atoms with Crippen LogP contribution in [0.1, 0.15) is 39.5 Å². The number of ether oxygens (including phenoxy) is 2. The van der Waals surface area contributed by atoms with Gasteiger partial charge in [-0.25, -0.2) is 9.80 Å². The molecule has 0 saturated heterocycles. The second kappa shape index (κ2) is 8.56. The van der Waals surface area contributed by atoms with E-state index in [1.807, 2.05) is 0 Å². The van der Waals surface area contributed by atoms with Crippen molar-refractivity contribution in [2.75, 3.05) is 27.0 Å². The number of carboxylic acid groups (broad SMARTS) is 1. The average molecular weight is 298 g/mol. The Morgan fingerprint density at radius 3 is 2.43 bits per heavy atom. The Hall–Kier alpha value is -1.69. The SMILES string of the molecule is C=C1C(OCCCC)=C(C(=O)O)N(COCCCC)N1C. The summed E-state index contributed by atoms with van der Waals surface area (Å²) in [5.41, 5.74) is 0.637. The van der Waals surface area contributed by atoms with Crippen LogP contribution >= 0.6 is 0 Å². The third kappa shape index (κ3) is 4.39. The van der Waals surface area contributed by atoms with Crippen molar-refractivity contribution in [3.05, 3.63) is 23.7 Å². The summed E-state index contributed by atoms with van der Waals surface area (Å²) in [4.78, 5) is 11.5. The number of likely N-dealkylation sites (N-methyl/N-ethyl adjacent to an activating group) is 1. The van der Waals surface area contributed by atoms with Crippen LogP contribution in [0.2, 0.25) is 0 Å². The van der Waals surface area contributed by atoms with Crippen LogP contribution in [0.4, 0.5) is 0 Å². The molecule has 1 aliphatic rings. The highest BCUT2D eigenvalue weighted by Crippen LogP contribution is 2.31. The van der Waals surface area contributed by atoms with Crippen molar-refractivity contribution in [3.63, 3.8) is 0 Å². The first kappa shape index (κ1) is 17.4. The minimum atomic E-state index is -1.04. The number of hydrogen-bond acceptors (Lipinski definition) is 5. The van der Waals surface area contributed by atoms with Gasteiger partial charge >= 0.3 is 5.97 Å². The van der Waals surface area contributed by atoms with Gasteiger partial charge in [0.05, 0.1) is 12.3 Å². The van der Waals surface area contributed by atoms with E-state index in [2.05, 4.69) is 20.4 Å². The van der Waals surface area contributed by atoms with E-state index in [0.717, 1.165) is 25.7 Å². The molecule has 0 aromatic carbocycles. The lowest BCUT2D eigenvalue weighted by Gasteiger charge is -2.28. The Morgan fingerprint density at radius 1 is 1.24 bits per heavy atom. The highest BCUT2D eigenvalue weighted by Gasteiger charge is 2.36. The third-order valence-corrected chi connectivity index (χ3v) is 3.29. The number of rotatable bonds is 10. The topological polar surface area (TPSA) is 62.2 Å². The van der Waals surface area contributed by atoms with Crippen LogP contribution in [0.15, 0.2) is 23.7 Å². The normalized spacial score (nSPS) is 15.1. The van der Waals surface area contributed by atoms with Crippen molar-refractivity contribution in [1.29, 1.82) is 0 Å². The predicted molar refractivity (Wildman–Crippen MR) is 80.0 cm³/mol.